The molecule has 0 radical (unpaired) electrons. The summed E-state index contributed by atoms with van der Waals surface area (Å²) in [5, 5.41) is 19.4. The molecule has 0 saturated carbocycles. The van der Waals surface area contributed by atoms with Gasteiger partial charge in [0.15, 0.2) is 28.8 Å². The van der Waals surface area contributed by atoms with Crippen molar-refractivity contribution < 1.29 is 24.5 Å². The molecule has 0 unspecified atom stereocenters. The van der Waals surface area contributed by atoms with E-state index in [-0.39, 0.29) is 28.1 Å². The zero-order chi connectivity index (χ0) is 18.4. The Labute approximate surface area is 150 Å². The number of phenolic OH excluding ortho intramolecular Hbond substituents is 2. The van der Waals surface area contributed by atoms with Gasteiger partial charge in [0.05, 0.1) is 19.2 Å². The molecule has 0 aliphatic carbocycles. The second-order valence-corrected chi connectivity index (χ2v) is 5.40. The van der Waals surface area contributed by atoms with E-state index in [9.17, 15) is 15.0 Å². The molecule has 25 heavy (non-hydrogen) atoms. The number of hydrogen-bond acceptors (Lipinski definition) is 5. The first-order chi connectivity index (χ1) is 12.0. The summed E-state index contributed by atoms with van der Waals surface area (Å²) in [6, 6.07) is 7.78. The maximum absolute atomic E-state index is 12.0. The van der Waals surface area contributed by atoms with Gasteiger partial charge in [-0.1, -0.05) is 23.7 Å². The molecule has 0 saturated heterocycles. The summed E-state index contributed by atoms with van der Waals surface area (Å²) in [7, 11) is 2.85. The Morgan fingerprint density at radius 1 is 1.00 bits per heavy atom. The van der Waals surface area contributed by atoms with Gasteiger partial charge in [-0.3, -0.25) is 4.79 Å². The zero-order valence-electron chi connectivity index (χ0n) is 13.7. The molecule has 0 aliphatic rings. The Balaban J connectivity index is 2.13. The molecule has 0 spiro atoms. The molecule has 0 bridgehead atoms. The number of allylic oxidation sites excluding steroid dienone is 2. The van der Waals surface area contributed by atoms with E-state index in [0.29, 0.717) is 16.9 Å². The van der Waals surface area contributed by atoms with Gasteiger partial charge in [0.1, 0.15) is 0 Å². The molecule has 0 heterocycles. The molecule has 2 aromatic rings. The average molecular weight is 361 g/mol. The summed E-state index contributed by atoms with van der Waals surface area (Å²) in [6.07, 6.45) is 5.88. The van der Waals surface area contributed by atoms with Crippen molar-refractivity contribution in [2.24, 2.45) is 0 Å². The third-order valence-corrected chi connectivity index (χ3v) is 3.77. The van der Waals surface area contributed by atoms with Crippen LogP contribution in [0, 0.1) is 0 Å². The summed E-state index contributed by atoms with van der Waals surface area (Å²) in [6.45, 7) is 0. The van der Waals surface area contributed by atoms with Gasteiger partial charge in [-0.15, -0.1) is 0 Å². The first-order valence-corrected chi connectivity index (χ1v) is 7.66. The van der Waals surface area contributed by atoms with E-state index in [1.54, 1.807) is 24.3 Å². The van der Waals surface area contributed by atoms with Gasteiger partial charge in [-0.05, 0) is 53.6 Å². The number of benzene rings is 2. The van der Waals surface area contributed by atoms with E-state index >= 15 is 0 Å². The number of methoxy groups -OCH3 is 2. The van der Waals surface area contributed by atoms with Crippen molar-refractivity contribution in [2.75, 3.05) is 14.2 Å². The molecule has 130 valence electrons. The number of rotatable bonds is 6. The molecule has 0 aromatic heterocycles. The molecule has 2 N–H and O–H groups in total. The fraction of sp³-hybridized carbons (Fsp3) is 0.105. The first kappa shape index (κ1) is 18.4. The van der Waals surface area contributed by atoms with Crippen molar-refractivity contribution in [3.8, 4) is 23.0 Å². The standard InChI is InChI=1S/C19H17ClO5/c1-24-17-11-12(4-9-15(17)22)3-7-14(21)8-5-13-6-10-16(23)19(25-2)18(13)20/h3-11,22-23H,1-2H3/b7-3+,8-5+. The Kier molecular flexibility index (Phi) is 6.08. The van der Waals surface area contributed by atoms with Gasteiger partial charge >= 0.3 is 0 Å². The summed E-state index contributed by atoms with van der Waals surface area (Å²) < 4.78 is 10.0. The Morgan fingerprint density at radius 2 is 1.68 bits per heavy atom. The van der Waals surface area contributed by atoms with E-state index in [1.165, 1.54) is 44.6 Å². The molecule has 2 rings (SSSR count). The number of phenols is 2. The monoisotopic (exact) mass is 360 g/mol. The van der Waals surface area contributed by atoms with Crippen LogP contribution in [-0.4, -0.2) is 30.2 Å². The van der Waals surface area contributed by atoms with Crippen LogP contribution in [-0.2, 0) is 4.79 Å². The van der Waals surface area contributed by atoms with Crippen LogP contribution < -0.4 is 9.47 Å². The van der Waals surface area contributed by atoms with Gasteiger partial charge in [0.25, 0.3) is 0 Å². The number of carbonyl (C=O) groups excluding carboxylic acids is 1. The van der Waals surface area contributed by atoms with E-state index in [4.69, 9.17) is 21.1 Å². The lowest BCUT2D eigenvalue weighted by Crippen LogP contribution is -1.89. The van der Waals surface area contributed by atoms with Crippen LogP contribution in [0.25, 0.3) is 12.2 Å². The maximum atomic E-state index is 12.0. The van der Waals surface area contributed by atoms with Gasteiger partial charge in [0, 0.05) is 0 Å². The van der Waals surface area contributed by atoms with Crippen LogP contribution in [0.4, 0.5) is 0 Å². The molecule has 2 aromatic carbocycles. The topological polar surface area (TPSA) is 76.0 Å². The number of hydrogen-bond donors (Lipinski definition) is 2. The highest BCUT2D eigenvalue weighted by molar-refractivity contribution is 6.34. The first-order valence-electron chi connectivity index (χ1n) is 7.29. The number of halogens is 1. The van der Waals surface area contributed by atoms with E-state index in [1.807, 2.05) is 0 Å². The average Bonchev–Trinajstić information content (AvgIpc) is 2.60. The SMILES string of the molecule is COc1cc(/C=C/C(=O)/C=C/c2ccc(O)c(OC)c2Cl)ccc1O. The number of carbonyl (C=O) groups is 1. The van der Waals surface area contributed by atoms with Crippen molar-refractivity contribution in [3.63, 3.8) is 0 Å². The zero-order valence-corrected chi connectivity index (χ0v) is 14.4. The highest BCUT2D eigenvalue weighted by Crippen LogP contribution is 2.37. The largest absolute Gasteiger partial charge is 0.504 e. The number of ether oxygens (including phenoxy) is 2. The summed E-state index contributed by atoms with van der Waals surface area (Å²) in [5.74, 6) is 0.185. The molecule has 0 aliphatic heterocycles. The molecule has 0 amide bonds. The van der Waals surface area contributed by atoms with Crippen LogP contribution in [0.15, 0.2) is 42.5 Å². The lowest BCUT2D eigenvalue weighted by atomic mass is 10.1. The fourth-order valence-corrected chi connectivity index (χ4v) is 2.39. The lowest BCUT2D eigenvalue weighted by Gasteiger charge is -2.07. The van der Waals surface area contributed by atoms with Crippen molar-refractivity contribution in [1.82, 2.24) is 0 Å². The minimum Gasteiger partial charge on any atom is -0.504 e. The van der Waals surface area contributed by atoms with Crippen molar-refractivity contribution >= 4 is 29.5 Å². The molecular formula is C19H17ClO5. The second-order valence-electron chi connectivity index (χ2n) is 5.02. The predicted octanol–water partition coefficient (Wildman–Crippen LogP) is 4.06. The molecule has 6 heteroatoms. The van der Waals surface area contributed by atoms with Gasteiger partial charge in [0.2, 0.25) is 0 Å². The second kappa shape index (κ2) is 8.26. The van der Waals surface area contributed by atoms with Crippen LogP contribution in [0.5, 0.6) is 23.0 Å². The third-order valence-electron chi connectivity index (χ3n) is 3.38. The minimum atomic E-state index is -0.254. The predicted molar refractivity (Wildman–Crippen MR) is 97.4 cm³/mol. The Hall–Kier alpha value is -2.92. The normalized spacial score (nSPS) is 11.2. The van der Waals surface area contributed by atoms with Crippen LogP contribution in [0.3, 0.4) is 0 Å². The molecule has 5 nitrogen and oxygen atoms in total. The third kappa shape index (κ3) is 4.55. The number of ketones is 1. The fourth-order valence-electron chi connectivity index (χ4n) is 2.09. The highest BCUT2D eigenvalue weighted by atomic mass is 35.5. The van der Waals surface area contributed by atoms with Crippen LogP contribution >= 0.6 is 11.6 Å². The summed E-state index contributed by atoms with van der Waals surface area (Å²) >= 11 is 6.12. The quantitative estimate of drug-likeness (QED) is 0.759. The van der Waals surface area contributed by atoms with Crippen molar-refractivity contribution in [3.05, 3.63) is 58.6 Å². The summed E-state index contributed by atoms with van der Waals surface area (Å²) in [4.78, 5) is 12.0. The molecule has 0 atom stereocenters. The summed E-state index contributed by atoms with van der Waals surface area (Å²) in [5.41, 5.74) is 1.25. The Morgan fingerprint density at radius 3 is 2.36 bits per heavy atom. The molecule has 0 fully saturated rings. The highest BCUT2D eigenvalue weighted by Gasteiger charge is 2.10. The van der Waals surface area contributed by atoms with Gasteiger partial charge in [-0.2, -0.15) is 0 Å². The minimum absolute atomic E-state index is 0.0294. The number of aromatic hydroxyl groups is 2. The lowest BCUT2D eigenvalue weighted by molar-refractivity contribution is -0.110. The van der Waals surface area contributed by atoms with Gasteiger partial charge < -0.3 is 19.7 Å². The Bertz CT molecular complexity index is 840. The van der Waals surface area contributed by atoms with Crippen LogP contribution in [0.1, 0.15) is 11.1 Å². The van der Waals surface area contributed by atoms with E-state index in [2.05, 4.69) is 0 Å². The van der Waals surface area contributed by atoms with E-state index < -0.39 is 0 Å². The molecular weight excluding hydrogens is 344 g/mol. The smallest absolute Gasteiger partial charge is 0.179 e. The van der Waals surface area contributed by atoms with Crippen molar-refractivity contribution in [1.29, 1.82) is 0 Å². The van der Waals surface area contributed by atoms with Crippen LogP contribution in [0.2, 0.25) is 5.02 Å². The van der Waals surface area contributed by atoms with Gasteiger partial charge in [-0.25, -0.2) is 0 Å². The van der Waals surface area contributed by atoms with Crippen molar-refractivity contribution in [2.45, 2.75) is 0 Å². The maximum Gasteiger partial charge on any atom is 0.179 e. The van der Waals surface area contributed by atoms with E-state index in [0.717, 1.165) is 0 Å².